The molecule has 1 unspecified atom stereocenters. The van der Waals surface area contributed by atoms with Crippen LogP contribution in [0.15, 0.2) is 64.4 Å². The molecule has 1 aliphatic rings. The third-order valence-electron chi connectivity index (χ3n) is 7.05. The molecule has 1 atom stereocenters. The Morgan fingerprint density at radius 1 is 1.07 bits per heavy atom. The summed E-state index contributed by atoms with van der Waals surface area (Å²) in [6.07, 6.45) is 0. The number of carbonyl (C=O) groups excluding carboxylic acids is 1. The van der Waals surface area contributed by atoms with Gasteiger partial charge in [0.15, 0.2) is 11.5 Å². The Balaban J connectivity index is 1.47. The van der Waals surface area contributed by atoms with Crippen molar-refractivity contribution in [2.75, 3.05) is 13.7 Å². The highest BCUT2D eigenvalue weighted by molar-refractivity contribution is 5.98. The van der Waals surface area contributed by atoms with Gasteiger partial charge in [-0.3, -0.25) is 0 Å². The molecule has 210 valence electrons. The molecule has 8 heteroatoms. The van der Waals surface area contributed by atoms with E-state index in [9.17, 15) is 10.1 Å². The van der Waals surface area contributed by atoms with Gasteiger partial charge in [0.25, 0.3) is 0 Å². The number of nitrogens with zero attached hydrogens (tertiary/aromatic N) is 1. The zero-order valence-corrected chi connectivity index (χ0v) is 24.0. The first-order valence-electron chi connectivity index (χ1n) is 13.4. The average molecular weight is 553 g/mol. The van der Waals surface area contributed by atoms with Crippen LogP contribution in [0.4, 0.5) is 0 Å². The number of ether oxygens (including phenoxy) is 4. The second-order valence-corrected chi connectivity index (χ2v) is 10.6. The van der Waals surface area contributed by atoms with E-state index >= 15 is 0 Å². The SMILES string of the molecule is COc1cc(C2C(C#N)=C(N)Oc3cc(OC(=O)c4oc5cc(C)cc(C)c5c4C)ccc32)ccc1OCC(C)C. The van der Waals surface area contributed by atoms with E-state index < -0.39 is 11.9 Å². The second kappa shape index (κ2) is 10.9. The van der Waals surface area contributed by atoms with Crippen molar-refractivity contribution in [1.82, 2.24) is 0 Å². The van der Waals surface area contributed by atoms with Crippen LogP contribution in [0.1, 0.15) is 58.1 Å². The van der Waals surface area contributed by atoms with Gasteiger partial charge in [0, 0.05) is 22.6 Å². The summed E-state index contributed by atoms with van der Waals surface area (Å²) in [6, 6.07) is 16.7. The van der Waals surface area contributed by atoms with Crippen molar-refractivity contribution >= 4 is 16.9 Å². The van der Waals surface area contributed by atoms with Crippen LogP contribution in [0.25, 0.3) is 11.0 Å². The van der Waals surface area contributed by atoms with E-state index in [1.54, 1.807) is 25.3 Å². The van der Waals surface area contributed by atoms with Crippen molar-refractivity contribution in [3.05, 3.63) is 93.6 Å². The summed E-state index contributed by atoms with van der Waals surface area (Å²) >= 11 is 0. The first-order valence-corrected chi connectivity index (χ1v) is 13.4. The number of furan rings is 1. The fourth-order valence-electron chi connectivity index (χ4n) is 5.22. The second-order valence-electron chi connectivity index (χ2n) is 10.6. The van der Waals surface area contributed by atoms with Crippen LogP contribution in [0.5, 0.6) is 23.0 Å². The summed E-state index contributed by atoms with van der Waals surface area (Å²) in [5.74, 6) is 1.12. The minimum atomic E-state index is -0.619. The van der Waals surface area contributed by atoms with Gasteiger partial charge in [-0.25, -0.2) is 4.79 Å². The van der Waals surface area contributed by atoms with E-state index in [0.717, 1.165) is 27.6 Å². The molecule has 0 amide bonds. The Hall–Kier alpha value is -4.90. The molecule has 0 bridgehead atoms. The summed E-state index contributed by atoms with van der Waals surface area (Å²) in [4.78, 5) is 13.2. The molecule has 0 spiro atoms. The molecule has 2 N–H and O–H groups in total. The maximum Gasteiger partial charge on any atom is 0.379 e. The number of aryl methyl sites for hydroxylation is 3. The number of hydrogen-bond donors (Lipinski definition) is 1. The van der Waals surface area contributed by atoms with Gasteiger partial charge in [0.2, 0.25) is 11.6 Å². The highest BCUT2D eigenvalue weighted by Gasteiger charge is 2.32. The average Bonchev–Trinajstić information content (AvgIpc) is 3.27. The van der Waals surface area contributed by atoms with Gasteiger partial charge in [-0.1, -0.05) is 32.0 Å². The summed E-state index contributed by atoms with van der Waals surface area (Å²) < 4.78 is 28.9. The Kier molecular flexibility index (Phi) is 7.38. The van der Waals surface area contributed by atoms with Crippen LogP contribution in [0.3, 0.4) is 0 Å². The molecule has 0 aliphatic carbocycles. The van der Waals surface area contributed by atoms with Gasteiger partial charge < -0.3 is 29.1 Å². The minimum absolute atomic E-state index is 0.0217. The van der Waals surface area contributed by atoms with Gasteiger partial charge >= 0.3 is 5.97 Å². The summed E-state index contributed by atoms with van der Waals surface area (Å²) in [6.45, 7) is 10.5. The van der Waals surface area contributed by atoms with Gasteiger partial charge in [-0.15, -0.1) is 0 Å². The minimum Gasteiger partial charge on any atom is -0.493 e. The zero-order chi connectivity index (χ0) is 29.4. The summed E-state index contributed by atoms with van der Waals surface area (Å²) in [5, 5.41) is 10.9. The predicted molar refractivity (Wildman–Crippen MR) is 154 cm³/mol. The van der Waals surface area contributed by atoms with Crippen molar-refractivity contribution in [3.63, 3.8) is 0 Å². The fourth-order valence-corrected chi connectivity index (χ4v) is 5.22. The molecule has 0 fully saturated rings. The number of nitriles is 1. The maximum atomic E-state index is 13.2. The van der Waals surface area contributed by atoms with Gasteiger partial charge in [0.1, 0.15) is 28.7 Å². The third kappa shape index (κ3) is 5.19. The van der Waals surface area contributed by atoms with Gasteiger partial charge in [-0.05, 0) is 67.6 Å². The van der Waals surface area contributed by atoms with Crippen molar-refractivity contribution in [1.29, 1.82) is 5.26 Å². The van der Waals surface area contributed by atoms with Gasteiger partial charge in [-0.2, -0.15) is 5.26 Å². The van der Waals surface area contributed by atoms with Crippen LogP contribution >= 0.6 is 0 Å². The lowest BCUT2D eigenvalue weighted by Gasteiger charge is -2.27. The van der Waals surface area contributed by atoms with Crippen LogP contribution in [-0.2, 0) is 0 Å². The first-order chi connectivity index (χ1) is 19.6. The molecule has 4 aromatic rings. The Bertz CT molecular complexity index is 1740. The molecular formula is C33H32N2O6. The number of rotatable bonds is 7. The van der Waals surface area contributed by atoms with Crippen molar-refractivity contribution in [2.24, 2.45) is 11.7 Å². The smallest absolute Gasteiger partial charge is 0.379 e. The quantitative estimate of drug-likeness (QED) is 0.196. The van der Waals surface area contributed by atoms with E-state index in [0.29, 0.717) is 40.9 Å². The lowest BCUT2D eigenvalue weighted by Crippen LogP contribution is -2.21. The number of fused-ring (bicyclic) bond motifs is 2. The van der Waals surface area contributed by atoms with Crippen molar-refractivity contribution < 1.29 is 28.2 Å². The lowest BCUT2D eigenvalue weighted by atomic mass is 9.83. The molecule has 0 radical (unpaired) electrons. The standard InChI is InChI=1S/C33H32N2O6/c1-17(2)16-38-25-10-7-21(13-27(25)37-6)30-23-9-8-22(14-26(23)41-32(35)24(30)15-34)39-33(36)31-20(5)29-19(4)11-18(3)12-28(29)40-31/h7-14,17,30H,16,35H2,1-6H3. The number of allylic oxidation sites excluding steroid dienone is 1. The number of methoxy groups -OCH3 is 1. The molecule has 0 saturated heterocycles. The topological polar surface area (TPSA) is 117 Å². The fraction of sp³-hybridized carbons (Fsp3) is 0.273. The van der Waals surface area contributed by atoms with Crippen LogP contribution in [-0.4, -0.2) is 19.7 Å². The largest absolute Gasteiger partial charge is 0.493 e. The molecule has 5 rings (SSSR count). The van der Waals surface area contributed by atoms with E-state index in [1.165, 1.54) is 0 Å². The van der Waals surface area contributed by atoms with E-state index in [2.05, 4.69) is 19.9 Å². The molecule has 0 saturated carbocycles. The number of esters is 1. The third-order valence-corrected chi connectivity index (χ3v) is 7.05. The normalized spacial score (nSPS) is 14.4. The van der Waals surface area contributed by atoms with Crippen LogP contribution < -0.4 is 24.7 Å². The molecule has 1 aromatic heterocycles. The first kappa shape index (κ1) is 27.7. The number of benzene rings is 3. The summed E-state index contributed by atoms with van der Waals surface area (Å²) in [7, 11) is 1.57. The number of nitrogens with two attached hydrogens (primary N) is 1. The van der Waals surface area contributed by atoms with E-state index in [1.807, 2.05) is 51.1 Å². The summed E-state index contributed by atoms with van der Waals surface area (Å²) in [5.41, 5.74) is 11.4. The van der Waals surface area contributed by atoms with Crippen molar-refractivity contribution in [3.8, 4) is 29.1 Å². The van der Waals surface area contributed by atoms with Crippen molar-refractivity contribution in [2.45, 2.75) is 40.5 Å². The molecule has 1 aliphatic heterocycles. The molecule has 2 heterocycles. The van der Waals surface area contributed by atoms with Gasteiger partial charge in [0.05, 0.1) is 19.6 Å². The number of hydrogen-bond acceptors (Lipinski definition) is 8. The lowest BCUT2D eigenvalue weighted by molar-refractivity contribution is 0.0702. The molecular weight excluding hydrogens is 520 g/mol. The van der Waals surface area contributed by atoms with Crippen LogP contribution in [0, 0.1) is 38.0 Å². The van der Waals surface area contributed by atoms with Crippen LogP contribution in [0.2, 0.25) is 0 Å². The predicted octanol–water partition coefficient (Wildman–Crippen LogP) is 6.84. The Labute approximate surface area is 238 Å². The van der Waals surface area contributed by atoms with E-state index in [-0.39, 0.29) is 23.0 Å². The van der Waals surface area contributed by atoms with E-state index in [4.69, 9.17) is 29.1 Å². The molecule has 41 heavy (non-hydrogen) atoms. The Morgan fingerprint density at radius 3 is 2.56 bits per heavy atom. The molecule has 3 aromatic carbocycles. The number of carbonyl (C=O) groups is 1. The Morgan fingerprint density at radius 2 is 1.85 bits per heavy atom. The maximum absolute atomic E-state index is 13.2. The highest BCUT2D eigenvalue weighted by atomic mass is 16.5. The monoisotopic (exact) mass is 552 g/mol. The highest BCUT2D eigenvalue weighted by Crippen LogP contribution is 2.45. The zero-order valence-electron chi connectivity index (χ0n) is 24.0. The molecule has 8 nitrogen and oxygen atoms in total.